The fraction of sp³-hybridized carbons (Fsp3) is 0.150. The summed E-state index contributed by atoms with van der Waals surface area (Å²) in [5.41, 5.74) is -0.0689. The molecule has 3 aromatic rings. The van der Waals surface area contributed by atoms with Crippen LogP contribution in [0.1, 0.15) is 16.1 Å². The van der Waals surface area contributed by atoms with E-state index in [-0.39, 0.29) is 28.4 Å². The standard InChI is InChI=1S/C20H18F2N2O6S/c1-28-17-9-3-8-16(18(17)30-20(21)22)19(25)24-13-5-2-7-15(11-13)31(26,27)23-12-14-6-4-10-29-14/h2-11,20,23H,12H2,1H3,(H,24,25). The van der Waals surface area contributed by atoms with Crippen molar-refractivity contribution in [2.45, 2.75) is 18.1 Å². The molecule has 0 unspecified atom stereocenters. The summed E-state index contributed by atoms with van der Waals surface area (Å²) < 4.78 is 67.5. The van der Waals surface area contributed by atoms with E-state index in [1.54, 1.807) is 12.1 Å². The number of methoxy groups -OCH3 is 1. The van der Waals surface area contributed by atoms with E-state index < -0.39 is 28.3 Å². The monoisotopic (exact) mass is 452 g/mol. The van der Waals surface area contributed by atoms with E-state index in [0.29, 0.717) is 5.76 Å². The number of hydrogen-bond donors (Lipinski definition) is 2. The molecule has 0 saturated carbocycles. The zero-order chi connectivity index (χ0) is 22.4. The van der Waals surface area contributed by atoms with Crippen molar-refractivity contribution < 1.29 is 35.9 Å². The van der Waals surface area contributed by atoms with E-state index in [0.717, 1.165) is 0 Å². The Kier molecular flexibility index (Phi) is 6.88. The number of carbonyl (C=O) groups excluding carboxylic acids is 1. The first-order chi connectivity index (χ1) is 14.8. The van der Waals surface area contributed by atoms with Gasteiger partial charge in [-0.25, -0.2) is 13.1 Å². The summed E-state index contributed by atoms with van der Waals surface area (Å²) in [6, 6.07) is 12.8. The van der Waals surface area contributed by atoms with Crippen molar-refractivity contribution in [1.29, 1.82) is 0 Å². The van der Waals surface area contributed by atoms with E-state index in [1.807, 2.05) is 0 Å². The maximum absolute atomic E-state index is 12.8. The highest BCUT2D eigenvalue weighted by atomic mass is 32.2. The Morgan fingerprint density at radius 3 is 2.58 bits per heavy atom. The maximum Gasteiger partial charge on any atom is 0.387 e. The molecule has 1 aromatic heterocycles. The van der Waals surface area contributed by atoms with Crippen LogP contribution in [0.15, 0.2) is 70.2 Å². The second-order valence-electron chi connectivity index (χ2n) is 6.10. The number of furan rings is 1. The minimum Gasteiger partial charge on any atom is -0.493 e. The van der Waals surface area contributed by atoms with Gasteiger partial charge in [0.15, 0.2) is 11.5 Å². The zero-order valence-corrected chi connectivity index (χ0v) is 17.0. The smallest absolute Gasteiger partial charge is 0.387 e. The molecule has 0 atom stereocenters. The Balaban J connectivity index is 1.80. The summed E-state index contributed by atoms with van der Waals surface area (Å²) in [7, 11) is -2.65. The first-order valence-corrected chi connectivity index (χ1v) is 10.3. The lowest BCUT2D eigenvalue weighted by Crippen LogP contribution is -2.23. The van der Waals surface area contributed by atoms with E-state index in [1.165, 1.54) is 55.8 Å². The number of hydrogen-bond acceptors (Lipinski definition) is 6. The quantitative estimate of drug-likeness (QED) is 0.514. The number of sulfonamides is 1. The average Bonchev–Trinajstić information content (AvgIpc) is 3.26. The van der Waals surface area contributed by atoms with Crippen molar-refractivity contribution in [3.8, 4) is 11.5 Å². The van der Waals surface area contributed by atoms with Gasteiger partial charge in [0.2, 0.25) is 10.0 Å². The van der Waals surface area contributed by atoms with Crippen LogP contribution in [-0.2, 0) is 16.6 Å². The SMILES string of the molecule is COc1cccc(C(=O)Nc2cccc(S(=O)(=O)NCc3ccco3)c2)c1OC(F)F. The number of halogens is 2. The van der Waals surface area contributed by atoms with Gasteiger partial charge in [0, 0.05) is 5.69 Å². The molecule has 3 rings (SSSR count). The number of benzene rings is 2. The summed E-state index contributed by atoms with van der Waals surface area (Å²) >= 11 is 0. The van der Waals surface area contributed by atoms with Crippen molar-refractivity contribution >= 4 is 21.6 Å². The number of ether oxygens (including phenoxy) is 2. The zero-order valence-electron chi connectivity index (χ0n) is 16.2. The number of rotatable bonds is 9. The van der Waals surface area contributed by atoms with Gasteiger partial charge in [-0.05, 0) is 42.5 Å². The predicted octanol–water partition coefficient (Wildman–Crippen LogP) is 3.62. The lowest BCUT2D eigenvalue weighted by atomic mass is 10.1. The average molecular weight is 452 g/mol. The summed E-state index contributed by atoms with van der Waals surface area (Å²) in [5.74, 6) is -0.835. The third-order valence-electron chi connectivity index (χ3n) is 4.07. The summed E-state index contributed by atoms with van der Waals surface area (Å²) in [5, 5.41) is 2.48. The van der Waals surface area contributed by atoms with Crippen LogP contribution >= 0.6 is 0 Å². The Hall–Kier alpha value is -3.44. The fourth-order valence-electron chi connectivity index (χ4n) is 2.67. The van der Waals surface area contributed by atoms with Gasteiger partial charge >= 0.3 is 6.61 Å². The maximum atomic E-state index is 12.8. The molecule has 164 valence electrons. The molecule has 0 aliphatic rings. The van der Waals surface area contributed by atoms with E-state index in [4.69, 9.17) is 9.15 Å². The molecule has 0 fully saturated rings. The van der Waals surface area contributed by atoms with Crippen LogP contribution in [0.2, 0.25) is 0 Å². The minimum absolute atomic E-state index is 0.0496. The van der Waals surface area contributed by atoms with Gasteiger partial charge in [-0.3, -0.25) is 4.79 Å². The van der Waals surface area contributed by atoms with Crippen molar-refractivity contribution in [1.82, 2.24) is 4.72 Å². The van der Waals surface area contributed by atoms with Gasteiger partial charge in [-0.15, -0.1) is 0 Å². The largest absolute Gasteiger partial charge is 0.493 e. The Morgan fingerprint density at radius 2 is 1.90 bits per heavy atom. The number of carbonyl (C=O) groups is 1. The highest BCUT2D eigenvalue weighted by molar-refractivity contribution is 7.89. The summed E-state index contributed by atoms with van der Waals surface area (Å²) in [4.78, 5) is 12.6. The number of nitrogens with one attached hydrogen (secondary N) is 2. The molecule has 0 aliphatic heterocycles. The van der Waals surface area contributed by atoms with Crippen molar-refractivity contribution in [3.63, 3.8) is 0 Å². The van der Waals surface area contributed by atoms with Gasteiger partial charge in [0.05, 0.1) is 30.4 Å². The Labute approximate surface area is 176 Å². The van der Waals surface area contributed by atoms with Crippen LogP contribution < -0.4 is 19.5 Å². The van der Waals surface area contributed by atoms with Gasteiger partial charge in [-0.2, -0.15) is 8.78 Å². The molecule has 11 heteroatoms. The van der Waals surface area contributed by atoms with Gasteiger partial charge < -0.3 is 19.2 Å². The Bertz CT molecular complexity index is 1150. The van der Waals surface area contributed by atoms with Crippen LogP contribution in [0.25, 0.3) is 0 Å². The molecular weight excluding hydrogens is 434 g/mol. The van der Waals surface area contributed by atoms with E-state index >= 15 is 0 Å². The second-order valence-corrected chi connectivity index (χ2v) is 7.87. The second kappa shape index (κ2) is 9.58. The molecule has 1 amide bonds. The van der Waals surface area contributed by atoms with Crippen molar-refractivity contribution in [2.24, 2.45) is 0 Å². The van der Waals surface area contributed by atoms with E-state index in [9.17, 15) is 22.0 Å². The first kappa shape index (κ1) is 22.2. The normalized spacial score (nSPS) is 11.4. The van der Waals surface area contributed by atoms with Crippen LogP contribution in [0, 0.1) is 0 Å². The molecular formula is C20H18F2N2O6S. The van der Waals surface area contributed by atoms with Crippen LogP contribution in [0.5, 0.6) is 11.5 Å². The van der Waals surface area contributed by atoms with Gasteiger partial charge in [0.1, 0.15) is 5.76 Å². The molecule has 0 radical (unpaired) electrons. The van der Waals surface area contributed by atoms with Crippen molar-refractivity contribution in [3.05, 3.63) is 72.2 Å². The molecule has 1 heterocycles. The molecule has 2 N–H and O–H groups in total. The molecule has 8 nitrogen and oxygen atoms in total. The van der Waals surface area contributed by atoms with Crippen LogP contribution in [0.3, 0.4) is 0 Å². The van der Waals surface area contributed by atoms with Crippen LogP contribution in [0.4, 0.5) is 14.5 Å². The van der Waals surface area contributed by atoms with E-state index in [2.05, 4.69) is 14.8 Å². The topological polar surface area (TPSA) is 107 Å². The summed E-state index contributed by atoms with van der Waals surface area (Å²) in [6.45, 7) is -3.22. The molecule has 0 bridgehead atoms. The van der Waals surface area contributed by atoms with Gasteiger partial charge in [0.25, 0.3) is 5.91 Å². The highest BCUT2D eigenvalue weighted by Crippen LogP contribution is 2.33. The highest BCUT2D eigenvalue weighted by Gasteiger charge is 2.21. The molecule has 0 spiro atoms. The molecule has 0 saturated heterocycles. The number of alkyl halides is 2. The summed E-state index contributed by atoms with van der Waals surface area (Å²) in [6.07, 6.45) is 1.42. The third-order valence-corrected chi connectivity index (χ3v) is 5.47. The lowest BCUT2D eigenvalue weighted by Gasteiger charge is -2.14. The first-order valence-electron chi connectivity index (χ1n) is 8.85. The predicted molar refractivity (Wildman–Crippen MR) is 107 cm³/mol. The number of anilines is 1. The Morgan fingerprint density at radius 1 is 1.13 bits per heavy atom. The third kappa shape index (κ3) is 5.58. The van der Waals surface area contributed by atoms with Crippen LogP contribution in [-0.4, -0.2) is 28.0 Å². The number of amides is 1. The van der Waals surface area contributed by atoms with Crippen molar-refractivity contribution in [2.75, 3.05) is 12.4 Å². The number of para-hydroxylation sites is 1. The molecule has 31 heavy (non-hydrogen) atoms. The fourth-order valence-corrected chi connectivity index (χ4v) is 3.71. The minimum atomic E-state index is -3.90. The van der Waals surface area contributed by atoms with Gasteiger partial charge in [-0.1, -0.05) is 12.1 Å². The molecule has 2 aromatic carbocycles. The molecule has 0 aliphatic carbocycles. The lowest BCUT2D eigenvalue weighted by molar-refractivity contribution is -0.0515.